The van der Waals surface area contributed by atoms with Crippen LogP contribution in [0.25, 0.3) is 6.08 Å². The van der Waals surface area contributed by atoms with Gasteiger partial charge in [0.1, 0.15) is 0 Å². The van der Waals surface area contributed by atoms with Crippen molar-refractivity contribution >= 4 is 29.1 Å². The molecule has 0 N–H and O–H groups in total. The zero-order valence-electron chi connectivity index (χ0n) is 10.2. The standard InChI is InChI=1S/C13H16BBrO2/c1-13(2)9-16-14(17-10-13)8-7-11-3-5-12(15)6-4-11/h3-8H,9-10H2,1-2H3/b8-7+. The Balaban J connectivity index is 1.91. The minimum atomic E-state index is -0.216. The van der Waals surface area contributed by atoms with Crippen molar-refractivity contribution in [2.24, 2.45) is 5.41 Å². The molecule has 0 unspecified atom stereocenters. The minimum Gasteiger partial charge on any atom is -0.407 e. The van der Waals surface area contributed by atoms with Crippen LogP contribution in [0.1, 0.15) is 19.4 Å². The zero-order valence-corrected chi connectivity index (χ0v) is 11.7. The SMILES string of the molecule is CC1(C)COB(/C=C/c2ccc(Br)cc2)OC1. The summed E-state index contributed by atoms with van der Waals surface area (Å²) in [6.45, 7) is 5.76. The molecule has 0 aromatic heterocycles. The summed E-state index contributed by atoms with van der Waals surface area (Å²) < 4.78 is 12.3. The van der Waals surface area contributed by atoms with E-state index in [2.05, 4.69) is 29.8 Å². The van der Waals surface area contributed by atoms with Crippen LogP contribution in [0.4, 0.5) is 0 Å². The summed E-state index contributed by atoms with van der Waals surface area (Å²) in [5.41, 5.74) is 1.27. The highest BCUT2D eigenvalue weighted by atomic mass is 79.9. The first-order chi connectivity index (χ1) is 8.05. The Kier molecular flexibility index (Phi) is 4.07. The molecule has 0 bridgehead atoms. The Morgan fingerprint density at radius 2 is 1.76 bits per heavy atom. The van der Waals surface area contributed by atoms with E-state index in [1.807, 2.05) is 36.3 Å². The summed E-state index contributed by atoms with van der Waals surface area (Å²) in [4.78, 5) is 0. The number of benzene rings is 1. The van der Waals surface area contributed by atoms with E-state index in [1.54, 1.807) is 0 Å². The summed E-state index contributed by atoms with van der Waals surface area (Å²) in [5, 5.41) is 0. The van der Waals surface area contributed by atoms with Gasteiger partial charge in [0.2, 0.25) is 0 Å². The van der Waals surface area contributed by atoms with Gasteiger partial charge in [0.15, 0.2) is 0 Å². The maximum absolute atomic E-state index is 5.62. The molecule has 1 fully saturated rings. The molecule has 0 aliphatic carbocycles. The van der Waals surface area contributed by atoms with Crippen molar-refractivity contribution in [1.82, 2.24) is 0 Å². The largest absolute Gasteiger partial charge is 0.486 e. The first-order valence-electron chi connectivity index (χ1n) is 5.72. The van der Waals surface area contributed by atoms with Crippen LogP contribution >= 0.6 is 15.9 Å². The van der Waals surface area contributed by atoms with Crippen molar-refractivity contribution in [1.29, 1.82) is 0 Å². The van der Waals surface area contributed by atoms with E-state index >= 15 is 0 Å². The van der Waals surface area contributed by atoms with E-state index in [9.17, 15) is 0 Å². The summed E-state index contributed by atoms with van der Waals surface area (Å²) in [5.74, 6) is 1.96. The zero-order chi connectivity index (χ0) is 12.3. The van der Waals surface area contributed by atoms with Gasteiger partial charge < -0.3 is 9.31 Å². The molecule has 0 atom stereocenters. The average Bonchev–Trinajstić information content (AvgIpc) is 2.30. The van der Waals surface area contributed by atoms with Crippen molar-refractivity contribution < 1.29 is 9.31 Å². The van der Waals surface area contributed by atoms with E-state index in [0.717, 1.165) is 23.2 Å². The first kappa shape index (κ1) is 12.9. The van der Waals surface area contributed by atoms with Gasteiger partial charge in [-0.05, 0) is 17.7 Å². The predicted octanol–water partition coefficient (Wildman–Crippen LogP) is 3.56. The van der Waals surface area contributed by atoms with Crippen LogP contribution in [0.3, 0.4) is 0 Å². The fraction of sp³-hybridized carbons (Fsp3) is 0.385. The van der Waals surface area contributed by atoms with Crippen molar-refractivity contribution in [2.45, 2.75) is 13.8 Å². The lowest BCUT2D eigenvalue weighted by Crippen LogP contribution is -2.39. The maximum Gasteiger partial charge on any atom is 0.486 e. The molecule has 2 nitrogen and oxygen atoms in total. The van der Waals surface area contributed by atoms with E-state index in [1.165, 1.54) is 0 Å². The minimum absolute atomic E-state index is 0.127. The third-order valence-electron chi connectivity index (χ3n) is 2.59. The fourth-order valence-corrected chi connectivity index (χ4v) is 1.84. The lowest BCUT2D eigenvalue weighted by molar-refractivity contribution is 0.0337. The van der Waals surface area contributed by atoms with Crippen molar-refractivity contribution in [3.8, 4) is 0 Å². The maximum atomic E-state index is 5.62. The summed E-state index contributed by atoms with van der Waals surface area (Å²) in [6, 6.07) is 8.14. The molecule has 1 saturated heterocycles. The molecule has 0 amide bonds. The van der Waals surface area contributed by atoms with E-state index in [0.29, 0.717) is 0 Å². The highest BCUT2D eigenvalue weighted by Crippen LogP contribution is 2.22. The van der Waals surface area contributed by atoms with Crippen LogP contribution in [0.15, 0.2) is 34.7 Å². The van der Waals surface area contributed by atoms with Gasteiger partial charge in [-0.2, -0.15) is 0 Å². The van der Waals surface area contributed by atoms with Crippen LogP contribution in [-0.4, -0.2) is 20.3 Å². The van der Waals surface area contributed by atoms with Crippen molar-refractivity contribution in [3.05, 3.63) is 40.3 Å². The van der Waals surface area contributed by atoms with Gasteiger partial charge in [0.05, 0.1) is 0 Å². The van der Waals surface area contributed by atoms with E-state index in [4.69, 9.17) is 9.31 Å². The number of hydrogen-bond donors (Lipinski definition) is 0. The molecular formula is C13H16BBrO2. The molecular weight excluding hydrogens is 279 g/mol. The second-order valence-electron chi connectivity index (χ2n) is 5.07. The van der Waals surface area contributed by atoms with Gasteiger partial charge in [-0.3, -0.25) is 0 Å². The van der Waals surface area contributed by atoms with Crippen LogP contribution in [0.5, 0.6) is 0 Å². The highest BCUT2D eigenvalue weighted by Gasteiger charge is 2.30. The Morgan fingerprint density at radius 1 is 1.18 bits per heavy atom. The third-order valence-corrected chi connectivity index (χ3v) is 3.12. The van der Waals surface area contributed by atoms with Crippen LogP contribution < -0.4 is 0 Å². The lowest BCUT2D eigenvalue weighted by Gasteiger charge is -2.31. The Morgan fingerprint density at radius 3 is 2.35 bits per heavy atom. The van der Waals surface area contributed by atoms with E-state index in [-0.39, 0.29) is 12.5 Å². The molecule has 0 spiro atoms. The van der Waals surface area contributed by atoms with Gasteiger partial charge in [-0.1, -0.05) is 54.0 Å². The molecule has 4 heteroatoms. The van der Waals surface area contributed by atoms with Gasteiger partial charge in [0, 0.05) is 23.1 Å². The van der Waals surface area contributed by atoms with Gasteiger partial charge in [-0.15, -0.1) is 0 Å². The second-order valence-corrected chi connectivity index (χ2v) is 5.98. The van der Waals surface area contributed by atoms with Crippen LogP contribution in [0.2, 0.25) is 0 Å². The average molecular weight is 295 g/mol. The molecule has 0 saturated carbocycles. The molecule has 1 aromatic carbocycles. The van der Waals surface area contributed by atoms with Crippen molar-refractivity contribution in [3.63, 3.8) is 0 Å². The lowest BCUT2D eigenvalue weighted by atomic mass is 9.83. The topological polar surface area (TPSA) is 18.5 Å². The predicted molar refractivity (Wildman–Crippen MR) is 74.6 cm³/mol. The summed E-state index contributed by atoms with van der Waals surface area (Å²) in [6.07, 6.45) is 2.02. The Bertz CT molecular complexity index is 390. The van der Waals surface area contributed by atoms with Crippen LogP contribution in [-0.2, 0) is 9.31 Å². The second kappa shape index (κ2) is 5.38. The summed E-state index contributed by atoms with van der Waals surface area (Å²) in [7, 11) is -0.216. The highest BCUT2D eigenvalue weighted by molar-refractivity contribution is 9.10. The molecule has 1 heterocycles. The van der Waals surface area contributed by atoms with E-state index < -0.39 is 0 Å². The third kappa shape index (κ3) is 3.98. The molecule has 1 aromatic rings. The molecule has 17 heavy (non-hydrogen) atoms. The van der Waals surface area contributed by atoms with Gasteiger partial charge >= 0.3 is 7.12 Å². The number of rotatable bonds is 2. The van der Waals surface area contributed by atoms with Gasteiger partial charge in [-0.25, -0.2) is 0 Å². The molecule has 2 rings (SSSR count). The molecule has 1 aliphatic heterocycles. The molecule has 1 aliphatic rings. The molecule has 0 radical (unpaired) electrons. The monoisotopic (exact) mass is 294 g/mol. The fourth-order valence-electron chi connectivity index (χ4n) is 1.58. The smallest absolute Gasteiger partial charge is 0.407 e. The number of hydrogen-bond acceptors (Lipinski definition) is 2. The normalized spacial score (nSPS) is 19.8. The Hall–Kier alpha value is -0.575. The van der Waals surface area contributed by atoms with Gasteiger partial charge in [0.25, 0.3) is 0 Å². The first-order valence-corrected chi connectivity index (χ1v) is 6.51. The quantitative estimate of drug-likeness (QED) is 0.777. The summed E-state index contributed by atoms with van der Waals surface area (Å²) >= 11 is 3.41. The van der Waals surface area contributed by atoms with Crippen molar-refractivity contribution in [2.75, 3.05) is 13.2 Å². The van der Waals surface area contributed by atoms with Crippen LogP contribution in [0, 0.1) is 5.41 Å². The Labute approximate surface area is 111 Å². The number of halogens is 1. The molecule has 90 valence electrons.